The lowest BCUT2D eigenvalue weighted by molar-refractivity contribution is 0.121. The number of hydrogen-bond acceptors (Lipinski definition) is 2. The van der Waals surface area contributed by atoms with Gasteiger partial charge in [0.15, 0.2) is 0 Å². The van der Waals surface area contributed by atoms with E-state index in [9.17, 15) is 4.39 Å². The maximum Gasteiger partial charge on any atom is 0.130 e. The third-order valence-corrected chi connectivity index (χ3v) is 2.82. The molecule has 0 atom stereocenters. The van der Waals surface area contributed by atoms with Gasteiger partial charge in [0.25, 0.3) is 0 Å². The van der Waals surface area contributed by atoms with Crippen molar-refractivity contribution in [3.63, 3.8) is 0 Å². The quantitative estimate of drug-likeness (QED) is 0.766. The molecule has 0 heterocycles. The third kappa shape index (κ3) is 3.90. The molecule has 0 bridgehead atoms. The Balaban J connectivity index is 1.82. The van der Waals surface area contributed by atoms with Gasteiger partial charge in [0.05, 0.1) is 24.8 Å². The molecular formula is C16H14FNO. The van der Waals surface area contributed by atoms with Crippen LogP contribution in [0.15, 0.2) is 48.5 Å². The summed E-state index contributed by atoms with van der Waals surface area (Å²) >= 11 is 0. The average molecular weight is 255 g/mol. The second-order valence-electron chi connectivity index (χ2n) is 4.21. The second-order valence-corrected chi connectivity index (χ2v) is 4.21. The molecule has 0 aliphatic rings. The Kier molecular flexibility index (Phi) is 4.66. The van der Waals surface area contributed by atoms with E-state index in [4.69, 9.17) is 10.00 Å². The monoisotopic (exact) mass is 255 g/mol. The van der Waals surface area contributed by atoms with E-state index in [0.29, 0.717) is 17.7 Å². The lowest BCUT2D eigenvalue weighted by Crippen LogP contribution is -2.01. The van der Waals surface area contributed by atoms with Gasteiger partial charge in [-0.2, -0.15) is 5.26 Å². The maximum atomic E-state index is 13.6. The van der Waals surface area contributed by atoms with E-state index < -0.39 is 5.82 Å². The molecule has 0 fully saturated rings. The van der Waals surface area contributed by atoms with E-state index in [-0.39, 0.29) is 6.61 Å². The third-order valence-electron chi connectivity index (χ3n) is 2.82. The van der Waals surface area contributed by atoms with Crippen molar-refractivity contribution in [2.24, 2.45) is 0 Å². The fourth-order valence-electron chi connectivity index (χ4n) is 1.75. The largest absolute Gasteiger partial charge is 0.376 e. The minimum atomic E-state index is -0.390. The minimum absolute atomic E-state index is 0.227. The molecular weight excluding hydrogens is 241 g/mol. The van der Waals surface area contributed by atoms with E-state index in [1.165, 1.54) is 11.6 Å². The van der Waals surface area contributed by atoms with Crippen molar-refractivity contribution in [3.05, 3.63) is 71.0 Å². The van der Waals surface area contributed by atoms with Crippen molar-refractivity contribution in [2.45, 2.75) is 13.0 Å². The summed E-state index contributed by atoms with van der Waals surface area (Å²) in [6.07, 6.45) is 0.804. The van der Waals surface area contributed by atoms with Gasteiger partial charge in [0, 0.05) is 5.56 Å². The molecule has 19 heavy (non-hydrogen) atoms. The number of rotatable bonds is 5. The molecule has 0 saturated heterocycles. The number of nitriles is 1. The Morgan fingerprint density at radius 2 is 1.89 bits per heavy atom. The molecule has 0 aliphatic carbocycles. The number of hydrogen-bond donors (Lipinski definition) is 0. The standard InChI is InChI=1S/C16H14FNO/c17-16-10-14(11-18)6-7-15(16)12-19-9-8-13-4-2-1-3-5-13/h1-7,10H,8-9,12H2. The van der Waals surface area contributed by atoms with E-state index in [2.05, 4.69) is 0 Å². The van der Waals surface area contributed by atoms with E-state index >= 15 is 0 Å². The normalized spacial score (nSPS) is 10.1. The summed E-state index contributed by atoms with van der Waals surface area (Å²) in [7, 11) is 0. The summed E-state index contributed by atoms with van der Waals surface area (Å²) in [6.45, 7) is 0.772. The fourth-order valence-corrected chi connectivity index (χ4v) is 1.75. The zero-order valence-corrected chi connectivity index (χ0v) is 10.5. The van der Waals surface area contributed by atoms with Gasteiger partial charge in [-0.1, -0.05) is 36.4 Å². The van der Waals surface area contributed by atoms with Crippen molar-refractivity contribution >= 4 is 0 Å². The predicted octanol–water partition coefficient (Wildman–Crippen LogP) is 3.46. The highest BCUT2D eigenvalue weighted by Gasteiger charge is 2.03. The van der Waals surface area contributed by atoms with Crippen molar-refractivity contribution in [1.29, 1.82) is 5.26 Å². The molecule has 2 rings (SSSR count). The van der Waals surface area contributed by atoms with Crippen LogP contribution in [0.1, 0.15) is 16.7 Å². The van der Waals surface area contributed by atoms with E-state index in [0.717, 1.165) is 6.42 Å². The summed E-state index contributed by atoms with van der Waals surface area (Å²) in [5.41, 5.74) is 2.00. The molecule has 96 valence electrons. The van der Waals surface area contributed by atoms with Crippen LogP contribution in [-0.4, -0.2) is 6.61 Å². The van der Waals surface area contributed by atoms with Crippen LogP contribution in [0.25, 0.3) is 0 Å². The van der Waals surface area contributed by atoms with Gasteiger partial charge < -0.3 is 4.74 Å². The Bertz CT molecular complexity index is 575. The van der Waals surface area contributed by atoms with Gasteiger partial charge in [-0.3, -0.25) is 0 Å². The van der Waals surface area contributed by atoms with Crippen LogP contribution in [0.4, 0.5) is 4.39 Å². The van der Waals surface area contributed by atoms with Gasteiger partial charge in [0.2, 0.25) is 0 Å². The first kappa shape index (κ1) is 13.3. The Morgan fingerprint density at radius 3 is 2.58 bits per heavy atom. The lowest BCUT2D eigenvalue weighted by Gasteiger charge is -2.06. The first-order chi connectivity index (χ1) is 9.29. The fraction of sp³-hybridized carbons (Fsp3) is 0.188. The number of benzene rings is 2. The summed E-state index contributed by atoms with van der Waals surface area (Å²) in [5, 5.41) is 8.65. The van der Waals surface area contributed by atoms with Crippen LogP contribution in [0.3, 0.4) is 0 Å². The summed E-state index contributed by atoms with van der Waals surface area (Å²) in [4.78, 5) is 0. The van der Waals surface area contributed by atoms with Crippen LogP contribution in [0.5, 0.6) is 0 Å². The number of halogens is 1. The van der Waals surface area contributed by atoms with E-state index in [1.54, 1.807) is 12.1 Å². The van der Waals surface area contributed by atoms with Gasteiger partial charge in [-0.15, -0.1) is 0 Å². The minimum Gasteiger partial charge on any atom is -0.376 e. The first-order valence-electron chi connectivity index (χ1n) is 6.10. The SMILES string of the molecule is N#Cc1ccc(COCCc2ccccc2)c(F)c1. The zero-order chi connectivity index (χ0) is 13.5. The molecule has 0 saturated carbocycles. The number of nitrogens with zero attached hydrogens (tertiary/aromatic N) is 1. The zero-order valence-electron chi connectivity index (χ0n) is 10.5. The molecule has 0 N–H and O–H groups in total. The van der Waals surface area contributed by atoms with Gasteiger partial charge in [0.1, 0.15) is 5.82 Å². The Hall–Kier alpha value is -2.18. The molecule has 0 unspecified atom stereocenters. The molecule has 0 aromatic heterocycles. The van der Waals surface area contributed by atoms with Crippen molar-refractivity contribution < 1.29 is 9.13 Å². The summed E-state index contributed by atoms with van der Waals surface area (Å²) in [6, 6.07) is 16.3. The lowest BCUT2D eigenvalue weighted by atomic mass is 10.1. The number of ether oxygens (including phenoxy) is 1. The molecule has 0 aliphatic heterocycles. The summed E-state index contributed by atoms with van der Waals surface area (Å²) < 4.78 is 19.0. The second kappa shape index (κ2) is 6.67. The average Bonchev–Trinajstić information content (AvgIpc) is 2.46. The molecule has 2 nitrogen and oxygen atoms in total. The van der Waals surface area contributed by atoms with Crippen LogP contribution < -0.4 is 0 Å². The molecule has 0 spiro atoms. The maximum absolute atomic E-state index is 13.6. The predicted molar refractivity (Wildman–Crippen MR) is 70.9 cm³/mol. The topological polar surface area (TPSA) is 33.0 Å². The van der Waals surface area contributed by atoms with Crippen molar-refractivity contribution in [3.8, 4) is 6.07 Å². The van der Waals surface area contributed by atoms with Gasteiger partial charge in [-0.05, 0) is 24.1 Å². The van der Waals surface area contributed by atoms with E-state index in [1.807, 2.05) is 36.4 Å². The molecule has 3 heteroatoms. The molecule has 0 amide bonds. The molecule has 2 aromatic carbocycles. The van der Waals surface area contributed by atoms with Crippen LogP contribution in [-0.2, 0) is 17.8 Å². The highest BCUT2D eigenvalue weighted by atomic mass is 19.1. The smallest absolute Gasteiger partial charge is 0.130 e. The highest BCUT2D eigenvalue weighted by molar-refractivity contribution is 5.32. The Morgan fingerprint density at radius 1 is 1.11 bits per heavy atom. The van der Waals surface area contributed by atoms with Crippen LogP contribution in [0.2, 0.25) is 0 Å². The van der Waals surface area contributed by atoms with Gasteiger partial charge >= 0.3 is 0 Å². The van der Waals surface area contributed by atoms with Crippen molar-refractivity contribution in [1.82, 2.24) is 0 Å². The van der Waals surface area contributed by atoms with Gasteiger partial charge in [-0.25, -0.2) is 4.39 Å². The van der Waals surface area contributed by atoms with Crippen LogP contribution >= 0.6 is 0 Å². The molecule has 0 radical (unpaired) electrons. The summed E-state index contributed by atoms with van der Waals surface area (Å²) in [5.74, 6) is -0.390. The highest BCUT2D eigenvalue weighted by Crippen LogP contribution is 2.11. The molecule has 2 aromatic rings. The van der Waals surface area contributed by atoms with Crippen LogP contribution in [0, 0.1) is 17.1 Å². The first-order valence-corrected chi connectivity index (χ1v) is 6.10. The Labute approximate surface area is 112 Å². The van der Waals surface area contributed by atoms with Crippen molar-refractivity contribution in [2.75, 3.05) is 6.61 Å².